The van der Waals surface area contributed by atoms with Crippen LogP contribution < -0.4 is 0 Å². The lowest BCUT2D eigenvalue weighted by molar-refractivity contribution is -0.313. The van der Waals surface area contributed by atoms with Gasteiger partial charge in [-0.05, 0) is 18.4 Å². The molecule has 1 N–H and O–H groups in total. The zero-order valence-corrected chi connectivity index (χ0v) is 13.3. The maximum atomic E-state index is 12.1. The number of hydrogen-bond donors (Lipinski definition) is 1. The van der Waals surface area contributed by atoms with Gasteiger partial charge in [0.25, 0.3) is 0 Å². The molecule has 2 saturated heterocycles. The molecule has 2 aliphatic heterocycles. The normalized spacial score (nSPS) is 31.4. The Morgan fingerprint density at radius 2 is 2.00 bits per heavy atom. The van der Waals surface area contributed by atoms with Crippen molar-refractivity contribution in [1.82, 2.24) is 0 Å². The minimum Gasteiger partial charge on any atom is -0.394 e. The molecule has 0 aromatic heterocycles. The highest BCUT2D eigenvalue weighted by atomic mass is 16.7. The van der Waals surface area contributed by atoms with Gasteiger partial charge in [0.15, 0.2) is 5.79 Å². The minimum atomic E-state index is -0.859. The molecule has 1 aromatic carbocycles. The van der Waals surface area contributed by atoms with E-state index in [0.29, 0.717) is 26.1 Å². The molecule has 0 radical (unpaired) electrons. The van der Waals surface area contributed by atoms with E-state index in [1.54, 1.807) is 0 Å². The molecule has 1 aromatic rings. The van der Waals surface area contributed by atoms with Crippen molar-refractivity contribution < 1.29 is 24.1 Å². The Hall–Kier alpha value is -1.27. The van der Waals surface area contributed by atoms with E-state index in [1.165, 1.54) is 0 Å². The van der Waals surface area contributed by atoms with Crippen LogP contribution in [0.25, 0.3) is 0 Å². The molecule has 0 unspecified atom stereocenters. The molecule has 2 aliphatic rings. The van der Waals surface area contributed by atoms with Crippen LogP contribution in [-0.2, 0) is 25.6 Å². The fourth-order valence-corrected chi connectivity index (χ4v) is 3.35. The number of ether oxygens (including phenoxy) is 3. The highest BCUT2D eigenvalue weighted by molar-refractivity contribution is 5.80. The van der Waals surface area contributed by atoms with Gasteiger partial charge in [-0.2, -0.15) is 0 Å². The van der Waals surface area contributed by atoms with Gasteiger partial charge in [-0.1, -0.05) is 30.3 Å². The molecule has 0 saturated carbocycles. The summed E-state index contributed by atoms with van der Waals surface area (Å²) in [7, 11) is 0. The second-order valence-corrected chi connectivity index (χ2v) is 6.39. The number of carbonyl (C=O) groups excluding carboxylic acids is 1. The molecule has 5 nitrogen and oxygen atoms in total. The summed E-state index contributed by atoms with van der Waals surface area (Å²) in [5, 5.41) is 9.31. The van der Waals surface area contributed by atoms with Crippen molar-refractivity contribution in [3.05, 3.63) is 35.9 Å². The molecular formula is C18H24O5. The molecule has 2 fully saturated rings. The number of hydrogen-bond acceptors (Lipinski definition) is 5. The lowest BCUT2D eigenvalue weighted by Gasteiger charge is -2.44. The molecule has 0 aliphatic carbocycles. The summed E-state index contributed by atoms with van der Waals surface area (Å²) in [6, 6.07) is 9.92. The van der Waals surface area contributed by atoms with E-state index in [4.69, 9.17) is 14.2 Å². The molecule has 2 heterocycles. The maximum absolute atomic E-state index is 12.1. The lowest BCUT2D eigenvalue weighted by Crippen LogP contribution is -2.52. The van der Waals surface area contributed by atoms with Gasteiger partial charge >= 0.3 is 0 Å². The van der Waals surface area contributed by atoms with Crippen molar-refractivity contribution in [3.8, 4) is 0 Å². The Morgan fingerprint density at radius 1 is 1.22 bits per heavy atom. The summed E-state index contributed by atoms with van der Waals surface area (Å²) in [5.74, 6) is -0.718. The van der Waals surface area contributed by atoms with E-state index in [0.717, 1.165) is 18.4 Å². The van der Waals surface area contributed by atoms with Gasteiger partial charge in [-0.15, -0.1) is 0 Å². The Balaban J connectivity index is 1.54. The van der Waals surface area contributed by atoms with Crippen LogP contribution >= 0.6 is 0 Å². The number of ketones is 1. The van der Waals surface area contributed by atoms with Crippen LogP contribution in [0, 0.1) is 0 Å². The summed E-state index contributed by atoms with van der Waals surface area (Å²) >= 11 is 0. The van der Waals surface area contributed by atoms with E-state index < -0.39 is 5.79 Å². The lowest BCUT2D eigenvalue weighted by atomic mass is 9.92. The highest BCUT2D eigenvalue weighted by Crippen LogP contribution is 2.37. The topological polar surface area (TPSA) is 65.0 Å². The molecule has 1 spiro atoms. The molecule has 3 atom stereocenters. The smallest absolute Gasteiger partial charge is 0.176 e. The first-order valence-electron chi connectivity index (χ1n) is 8.29. The SMILES string of the molecule is O=C1C[C@@H](COCc2ccccc2)O[C@@]2(CCC[C@H](CO)O2)C1. The van der Waals surface area contributed by atoms with Crippen LogP contribution in [0.5, 0.6) is 0 Å². The second kappa shape index (κ2) is 7.53. The summed E-state index contributed by atoms with van der Waals surface area (Å²) in [4.78, 5) is 12.1. The number of aliphatic hydroxyl groups excluding tert-OH is 1. The van der Waals surface area contributed by atoms with Crippen LogP contribution in [0.15, 0.2) is 30.3 Å². The van der Waals surface area contributed by atoms with Gasteiger partial charge in [-0.25, -0.2) is 0 Å². The van der Waals surface area contributed by atoms with Crippen LogP contribution in [0.4, 0.5) is 0 Å². The first kappa shape index (κ1) is 16.6. The second-order valence-electron chi connectivity index (χ2n) is 6.39. The fourth-order valence-electron chi connectivity index (χ4n) is 3.35. The van der Waals surface area contributed by atoms with Crippen LogP contribution in [0.2, 0.25) is 0 Å². The quantitative estimate of drug-likeness (QED) is 0.901. The van der Waals surface area contributed by atoms with Crippen LogP contribution in [0.1, 0.15) is 37.7 Å². The van der Waals surface area contributed by atoms with Crippen molar-refractivity contribution in [1.29, 1.82) is 0 Å². The average molecular weight is 320 g/mol. The first-order chi connectivity index (χ1) is 11.2. The minimum absolute atomic E-state index is 0.0333. The molecule has 126 valence electrons. The summed E-state index contributed by atoms with van der Waals surface area (Å²) in [6.07, 6.45) is 2.53. The number of benzene rings is 1. The molecule has 3 rings (SSSR count). The van der Waals surface area contributed by atoms with Crippen LogP contribution in [0.3, 0.4) is 0 Å². The van der Waals surface area contributed by atoms with Gasteiger partial charge in [0.1, 0.15) is 5.78 Å². The van der Waals surface area contributed by atoms with Gasteiger partial charge in [0.05, 0.1) is 38.4 Å². The predicted molar refractivity (Wildman–Crippen MR) is 83.8 cm³/mol. The van der Waals surface area contributed by atoms with E-state index in [1.807, 2.05) is 30.3 Å². The zero-order chi connectivity index (χ0) is 16.1. The van der Waals surface area contributed by atoms with Gasteiger partial charge < -0.3 is 19.3 Å². The number of rotatable bonds is 5. The monoisotopic (exact) mass is 320 g/mol. The Kier molecular flexibility index (Phi) is 5.43. The molecular weight excluding hydrogens is 296 g/mol. The van der Waals surface area contributed by atoms with Crippen molar-refractivity contribution >= 4 is 5.78 Å². The standard InChI is InChI=1S/C18H24O5/c19-11-16-7-4-8-18(22-16)10-15(20)9-17(23-18)13-21-12-14-5-2-1-3-6-14/h1-3,5-6,16-17,19H,4,7-13H2/t16-,17+,18+/m1/s1. The maximum Gasteiger partial charge on any atom is 0.176 e. The zero-order valence-electron chi connectivity index (χ0n) is 13.3. The molecule has 0 amide bonds. The van der Waals surface area contributed by atoms with Crippen molar-refractivity contribution in [2.24, 2.45) is 0 Å². The van der Waals surface area contributed by atoms with Crippen molar-refractivity contribution in [2.45, 2.75) is 56.7 Å². The molecule has 23 heavy (non-hydrogen) atoms. The van der Waals surface area contributed by atoms with Gasteiger partial charge in [0.2, 0.25) is 0 Å². The van der Waals surface area contributed by atoms with Crippen molar-refractivity contribution in [2.75, 3.05) is 13.2 Å². The van der Waals surface area contributed by atoms with Crippen molar-refractivity contribution in [3.63, 3.8) is 0 Å². The third-order valence-corrected chi connectivity index (χ3v) is 4.39. The fraction of sp³-hybridized carbons (Fsp3) is 0.611. The van der Waals surface area contributed by atoms with Gasteiger partial charge in [0, 0.05) is 12.8 Å². The molecule has 5 heteroatoms. The number of aliphatic hydroxyl groups is 1. The summed E-state index contributed by atoms with van der Waals surface area (Å²) in [5.41, 5.74) is 1.10. The highest BCUT2D eigenvalue weighted by Gasteiger charge is 2.45. The van der Waals surface area contributed by atoms with Gasteiger partial charge in [-0.3, -0.25) is 4.79 Å². The molecule has 0 bridgehead atoms. The van der Waals surface area contributed by atoms with E-state index >= 15 is 0 Å². The number of carbonyl (C=O) groups is 1. The summed E-state index contributed by atoms with van der Waals surface area (Å²) in [6.45, 7) is 0.839. The number of Topliss-reactive ketones (excluding diaryl/α,β-unsaturated/α-hetero) is 1. The summed E-state index contributed by atoms with van der Waals surface area (Å²) < 4.78 is 17.7. The first-order valence-corrected chi connectivity index (χ1v) is 8.29. The third-order valence-electron chi connectivity index (χ3n) is 4.39. The Morgan fingerprint density at radius 3 is 2.78 bits per heavy atom. The largest absolute Gasteiger partial charge is 0.394 e. The predicted octanol–water partition coefficient (Wildman–Crippen LogP) is 2.21. The Labute approximate surface area is 136 Å². The van der Waals surface area contributed by atoms with E-state index in [-0.39, 0.29) is 31.0 Å². The van der Waals surface area contributed by atoms with Crippen LogP contribution in [-0.4, -0.2) is 42.1 Å². The van der Waals surface area contributed by atoms with E-state index in [2.05, 4.69) is 0 Å². The van der Waals surface area contributed by atoms with E-state index in [9.17, 15) is 9.90 Å². The Bertz CT molecular complexity index is 517. The third kappa shape index (κ3) is 4.38. The average Bonchev–Trinajstić information content (AvgIpc) is 2.55.